The summed E-state index contributed by atoms with van der Waals surface area (Å²) in [6.07, 6.45) is 1.52. The maximum atomic E-state index is 12.4. The largest absolute Gasteiger partial charge is 0.349 e. The Kier molecular flexibility index (Phi) is 3.73. The van der Waals surface area contributed by atoms with Crippen LogP contribution in [0.3, 0.4) is 0 Å². The number of carbonyl (C=O) groups excluding carboxylic acids is 1. The second-order valence-electron chi connectivity index (χ2n) is 5.88. The van der Waals surface area contributed by atoms with Crippen molar-refractivity contribution in [2.24, 2.45) is 4.40 Å². The number of benzene rings is 2. The average Bonchev–Trinajstić information content (AvgIpc) is 3.14. The van der Waals surface area contributed by atoms with Crippen molar-refractivity contribution in [1.29, 1.82) is 0 Å². The van der Waals surface area contributed by atoms with Crippen LogP contribution in [-0.2, 0) is 14.8 Å². The number of hydrogen-bond acceptors (Lipinski definition) is 5. The van der Waals surface area contributed by atoms with E-state index in [4.69, 9.17) is 0 Å². The van der Waals surface area contributed by atoms with Gasteiger partial charge in [-0.3, -0.25) is 10.2 Å². The third-order valence-corrected chi connectivity index (χ3v) is 5.38. The Bertz CT molecular complexity index is 1150. The van der Waals surface area contributed by atoms with E-state index in [2.05, 4.69) is 14.8 Å². The first-order chi connectivity index (χ1) is 12.5. The summed E-state index contributed by atoms with van der Waals surface area (Å²) >= 11 is 0. The zero-order valence-corrected chi connectivity index (χ0v) is 14.6. The Labute approximate surface area is 149 Å². The van der Waals surface area contributed by atoms with Gasteiger partial charge in [0.15, 0.2) is 5.84 Å². The molecule has 0 saturated carbocycles. The number of likely N-dealkylation sites (N-methyl/N-ethyl adjacent to an activating group) is 1. The highest BCUT2D eigenvalue weighted by Crippen LogP contribution is 2.26. The van der Waals surface area contributed by atoms with E-state index in [0.717, 1.165) is 11.0 Å². The van der Waals surface area contributed by atoms with E-state index >= 15 is 0 Å². The van der Waals surface area contributed by atoms with Crippen molar-refractivity contribution in [3.8, 4) is 0 Å². The van der Waals surface area contributed by atoms with Crippen molar-refractivity contribution in [3.05, 3.63) is 60.4 Å². The molecule has 1 aromatic heterocycles. The van der Waals surface area contributed by atoms with Gasteiger partial charge in [-0.2, -0.15) is 8.42 Å². The molecule has 4 rings (SSSR count). The minimum Gasteiger partial charge on any atom is -0.349 e. The molecule has 2 heterocycles. The first kappa shape index (κ1) is 16.3. The van der Waals surface area contributed by atoms with E-state index in [1.54, 1.807) is 25.2 Å². The van der Waals surface area contributed by atoms with Crippen LogP contribution in [0.4, 0.5) is 0 Å². The molecule has 0 aliphatic carbocycles. The van der Waals surface area contributed by atoms with Gasteiger partial charge in [-0.25, -0.2) is 9.66 Å². The Balaban J connectivity index is 1.54. The molecule has 0 atom stereocenters. The normalized spacial score (nSPS) is 14.7. The quantitative estimate of drug-likeness (QED) is 0.748. The van der Waals surface area contributed by atoms with Crippen LogP contribution < -0.4 is 5.43 Å². The molecule has 1 aliphatic rings. The predicted molar refractivity (Wildman–Crippen MR) is 96.9 cm³/mol. The standard InChI is InChI=1S/C17H15N5O3S/c1-21(17-12-6-2-5-9-15(12)26(24,25)20-17)10-16(23)19-22-11-18-13-7-3-4-8-14(13)22/h2-9,11H,10H2,1H3,(H,19,23). The number of para-hydroxylation sites is 2. The monoisotopic (exact) mass is 369 g/mol. The van der Waals surface area contributed by atoms with Gasteiger partial charge in [0.05, 0.1) is 17.6 Å². The van der Waals surface area contributed by atoms with Crippen molar-refractivity contribution in [2.75, 3.05) is 19.0 Å². The predicted octanol–water partition coefficient (Wildman–Crippen LogP) is 1.19. The summed E-state index contributed by atoms with van der Waals surface area (Å²) in [7, 11) is -2.09. The minimum atomic E-state index is -3.71. The topological polar surface area (TPSA) is 96.7 Å². The van der Waals surface area contributed by atoms with E-state index in [-0.39, 0.29) is 23.2 Å². The summed E-state index contributed by atoms with van der Waals surface area (Å²) in [5.74, 6) is -0.0635. The molecule has 8 nitrogen and oxygen atoms in total. The number of rotatable bonds is 3. The highest BCUT2D eigenvalue weighted by Gasteiger charge is 2.30. The number of imidazole rings is 1. The van der Waals surface area contributed by atoms with Gasteiger partial charge in [0.25, 0.3) is 15.9 Å². The summed E-state index contributed by atoms with van der Waals surface area (Å²) in [5.41, 5.74) is 4.77. The molecule has 2 aromatic carbocycles. The van der Waals surface area contributed by atoms with Crippen LogP contribution in [0.15, 0.2) is 64.2 Å². The maximum absolute atomic E-state index is 12.4. The Hall–Kier alpha value is -3.20. The highest BCUT2D eigenvalue weighted by molar-refractivity contribution is 7.90. The van der Waals surface area contributed by atoms with Crippen LogP contribution >= 0.6 is 0 Å². The number of fused-ring (bicyclic) bond motifs is 2. The number of amides is 1. The number of nitrogens with zero attached hydrogens (tertiary/aromatic N) is 4. The molecule has 1 N–H and O–H groups in total. The van der Waals surface area contributed by atoms with Crippen LogP contribution in [0, 0.1) is 0 Å². The number of aromatic nitrogens is 2. The third kappa shape index (κ3) is 2.72. The highest BCUT2D eigenvalue weighted by atomic mass is 32.2. The molecule has 9 heteroatoms. The molecule has 132 valence electrons. The molecule has 0 spiro atoms. The molecule has 1 amide bonds. The smallest absolute Gasteiger partial charge is 0.285 e. The fourth-order valence-electron chi connectivity index (χ4n) is 2.87. The molecular weight excluding hydrogens is 354 g/mol. The fraction of sp³-hybridized carbons (Fsp3) is 0.118. The number of nitrogens with one attached hydrogen (secondary N) is 1. The molecule has 0 bridgehead atoms. The van der Waals surface area contributed by atoms with Crippen molar-refractivity contribution in [2.45, 2.75) is 4.90 Å². The Morgan fingerprint density at radius 3 is 2.73 bits per heavy atom. The van der Waals surface area contributed by atoms with Gasteiger partial charge in [-0.1, -0.05) is 24.3 Å². The van der Waals surface area contributed by atoms with Gasteiger partial charge in [0, 0.05) is 12.6 Å². The van der Waals surface area contributed by atoms with E-state index in [1.807, 2.05) is 24.3 Å². The number of hydrogen-bond donors (Lipinski definition) is 1. The van der Waals surface area contributed by atoms with Crippen molar-refractivity contribution >= 4 is 32.8 Å². The summed E-state index contributed by atoms with van der Waals surface area (Å²) in [4.78, 5) is 18.3. The molecular formula is C17H15N5O3S. The average molecular weight is 369 g/mol. The Morgan fingerprint density at radius 2 is 1.88 bits per heavy atom. The number of amidine groups is 1. The lowest BCUT2D eigenvalue weighted by Gasteiger charge is -2.18. The molecule has 26 heavy (non-hydrogen) atoms. The summed E-state index contributed by atoms with van der Waals surface area (Å²) < 4.78 is 29.6. The van der Waals surface area contributed by atoms with Crippen molar-refractivity contribution in [1.82, 2.24) is 14.6 Å². The van der Waals surface area contributed by atoms with Crippen molar-refractivity contribution < 1.29 is 13.2 Å². The second kappa shape index (κ2) is 5.95. The summed E-state index contributed by atoms with van der Waals surface area (Å²) in [6, 6.07) is 14.0. The van der Waals surface area contributed by atoms with E-state index in [9.17, 15) is 13.2 Å². The van der Waals surface area contributed by atoms with E-state index < -0.39 is 10.0 Å². The number of sulfonamides is 1. The maximum Gasteiger partial charge on any atom is 0.285 e. The van der Waals surface area contributed by atoms with Crippen LogP contribution in [-0.4, -0.2) is 48.3 Å². The second-order valence-corrected chi connectivity index (χ2v) is 7.45. The summed E-state index contributed by atoms with van der Waals surface area (Å²) in [5, 5.41) is 0. The zero-order valence-electron chi connectivity index (χ0n) is 13.8. The van der Waals surface area contributed by atoms with Crippen molar-refractivity contribution in [3.63, 3.8) is 0 Å². The molecule has 0 unspecified atom stereocenters. The van der Waals surface area contributed by atoms with Gasteiger partial charge in [0.2, 0.25) is 0 Å². The molecule has 1 aliphatic heterocycles. The van der Waals surface area contributed by atoms with Crippen LogP contribution in [0.1, 0.15) is 5.56 Å². The zero-order chi connectivity index (χ0) is 18.3. The molecule has 3 aromatic rings. The molecule has 0 radical (unpaired) electrons. The first-order valence-electron chi connectivity index (χ1n) is 7.83. The van der Waals surface area contributed by atoms with Crippen LogP contribution in [0.2, 0.25) is 0 Å². The van der Waals surface area contributed by atoms with Gasteiger partial charge < -0.3 is 4.90 Å². The lowest BCUT2D eigenvalue weighted by atomic mass is 10.2. The lowest BCUT2D eigenvalue weighted by molar-refractivity contribution is -0.117. The van der Waals surface area contributed by atoms with Gasteiger partial charge in [-0.15, -0.1) is 4.40 Å². The first-order valence-corrected chi connectivity index (χ1v) is 9.27. The Morgan fingerprint density at radius 1 is 1.15 bits per heavy atom. The SMILES string of the molecule is CN(CC(=O)Nn1cnc2ccccc21)C1=NS(=O)(=O)c2ccccc21. The summed E-state index contributed by atoms with van der Waals surface area (Å²) in [6.45, 7) is -0.0603. The third-order valence-electron chi connectivity index (χ3n) is 4.05. The van der Waals surface area contributed by atoms with Crippen LogP contribution in [0.5, 0.6) is 0 Å². The van der Waals surface area contributed by atoms with Gasteiger partial charge >= 0.3 is 0 Å². The van der Waals surface area contributed by atoms with Gasteiger partial charge in [-0.05, 0) is 24.3 Å². The van der Waals surface area contributed by atoms with E-state index in [0.29, 0.717) is 5.56 Å². The number of carbonyl (C=O) groups is 1. The van der Waals surface area contributed by atoms with Crippen LogP contribution in [0.25, 0.3) is 11.0 Å². The van der Waals surface area contributed by atoms with E-state index in [1.165, 1.54) is 22.0 Å². The fourth-order valence-corrected chi connectivity index (χ4v) is 4.12. The molecule has 0 fully saturated rings. The minimum absolute atomic E-state index is 0.0603. The molecule has 0 saturated heterocycles. The lowest BCUT2D eigenvalue weighted by Crippen LogP contribution is -2.37. The van der Waals surface area contributed by atoms with Gasteiger partial charge in [0.1, 0.15) is 11.2 Å².